The molecule has 3 saturated heterocycles. The molecule has 2 amide bonds. The van der Waals surface area contributed by atoms with E-state index in [0.717, 1.165) is 5.56 Å². The molecule has 0 aromatic heterocycles. The van der Waals surface area contributed by atoms with Crippen molar-refractivity contribution in [1.82, 2.24) is 16.0 Å². The number of aliphatic hydroxyl groups is 2. The number of amides is 2. The van der Waals surface area contributed by atoms with Gasteiger partial charge in [0.1, 0.15) is 47.8 Å². The van der Waals surface area contributed by atoms with E-state index in [1.807, 2.05) is 99.6 Å². The molecule has 8 atom stereocenters. The van der Waals surface area contributed by atoms with E-state index in [2.05, 4.69) is 33.8 Å². The second-order valence-electron chi connectivity index (χ2n) is 25.4. The number of esters is 4. The van der Waals surface area contributed by atoms with Crippen LogP contribution in [0.4, 0.5) is 9.59 Å². The molecule has 3 heterocycles. The average Bonchev–Trinajstić information content (AvgIpc) is 4.23. The van der Waals surface area contributed by atoms with Gasteiger partial charge in [-0.3, -0.25) is 19.2 Å². The van der Waals surface area contributed by atoms with Gasteiger partial charge in [-0.05, 0) is 130 Å². The molecule has 0 saturated carbocycles. The maximum absolute atomic E-state index is 12.2. The van der Waals surface area contributed by atoms with Gasteiger partial charge in [-0.15, -0.1) is 0 Å². The second kappa shape index (κ2) is 34.8. The molecule has 0 bridgehead atoms. The summed E-state index contributed by atoms with van der Waals surface area (Å²) in [5.74, 6) is -3.57. The van der Waals surface area contributed by atoms with E-state index >= 15 is 0 Å². The molecule has 0 aliphatic carbocycles. The van der Waals surface area contributed by atoms with Crippen molar-refractivity contribution in [3.05, 3.63) is 61.2 Å². The van der Waals surface area contributed by atoms with Gasteiger partial charge < -0.3 is 88.7 Å². The monoisotopic (exact) mass is 1200 g/mol. The van der Waals surface area contributed by atoms with Gasteiger partial charge in [0.05, 0.1) is 76.4 Å². The van der Waals surface area contributed by atoms with Crippen molar-refractivity contribution in [2.24, 2.45) is 5.73 Å². The number of hydrogen-bond acceptors (Lipinski definition) is 22. The summed E-state index contributed by atoms with van der Waals surface area (Å²) in [7, 11) is 0. The lowest BCUT2D eigenvalue weighted by Crippen LogP contribution is -2.47. The fraction of sp³-hybridized carbons (Fsp3) is 0.733. The van der Waals surface area contributed by atoms with Crippen LogP contribution in [0.5, 0.6) is 0 Å². The summed E-state index contributed by atoms with van der Waals surface area (Å²) >= 11 is 0. The maximum atomic E-state index is 12.2. The van der Waals surface area contributed by atoms with Crippen LogP contribution in [0, 0.1) is 0 Å². The molecule has 84 heavy (non-hydrogen) atoms. The Labute approximate surface area is 498 Å². The SMILES string of the molecule is C=CCOC(=O)N[C@@H](CC(=O)OC(C)(C)C)[C@@H](O)CO.C=CCOC(=O)N[C@@H](CC(=O)OC(C)(C)C)[C@@H]1COC(C)(C)O1.CC(C)(C)OC(=O)C[C@H](N)[C@@H]1COC(C)(C)O1.CC(C)(C)OC(=O)C[C@H](NCc1ccccc1)[C@@H]1COC(C)(C)O1. The highest BCUT2D eigenvalue weighted by atomic mass is 16.8. The van der Waals surface area contributed by atoms with Crippen molar-refractivity contribution < 1.29 is 95.8 Å². The van der Waals surface area contributed by atoms with E-state index in [9.17, 15) is 33.9 Å². The van der Waals surface area contributed by atoms with E-state index in [-0.39, 0.29) is 75.7 Å². The van der Waals surface area contributed by atoms with Crippen molar-refractivity contribution in [2.75, 3.05) is 39.6 Å². The maximum Gasteiger partial charge on any atom is 0.407 e. The zero-order valence-corrected chi connectivity index (χ0v) is 53.2. The summed E-state index contributed by atoms with van der Waals surface area (Å²) in [6.45, 7) is 40.7. The Morgan fingerprint density at radius 2 is 0.940 bits per heavy atom. The third-order valence-electron chi connectivity index (χ3n) is 11.0. The second-order valence-corrected chi connectivity index (χ2v) is 25.4. The highest BCUT2D eigenvalue weighted by Crippen LogP contribution is 2.28. The summed E-state index contributed by atoms with van der Waals surface area (Å²) in [5.41, 5.74) is 4.82. The Kier molecular flexibility index (Phi) is 31.8. The van der Waals surface area contributed by atoms with Gasteiger partial charge >= 0.3 is 36.1 Å². The lowest BCUT2D eigenvalue weighted by atomic mass is 10.1. The molecule has 0 spiro atoms. The third kappa shape index (κ3) is 35.9. The van der Waals surface area contributed by atoms with Crippen molar-refractivity contribution in [1.29, 1.82) is 0 Å². The highest BCUT2D eigenvalue weighted by molar-refractivity contribution is 5.74. The van der Waals surface area contributed by atoms with E-state index in [1.165, 1.54) is 12.2 Å². The topological polar surface area (TPSA) is 316 Å². The average molecular weight is 1200 g/mol. The molecule has 1 aromatic rings. The van der Waals surface area contributed by atoms with E-state index in [1.54, 1.807) is 55.4 Å². The number of carbonyl (C=O) groups is 6. The lowest BCUT2D eigenvalue weighted by molar-refractivity contribution is -0.160. The molecule has 3 aliphatic rings. The standard InChI is InChI=1S/C19H29NO4.C16H27NO6.C13H23NO6.C12H23NO4/c1-18(2,3)24-17(21)11-15(16-13-22-19(4,5)23-16)20-12-14-9-7-6-8-10-14;1-7-8-20-14(19)17-11(9-13(18)23-15(2,3)4)12-10-21-16(5,6)22-12;1-5-6-19-12(18)14-9(10(16)8-15)7-11(17)20-13(2,3)4;1-11(2,3)17-10(14)6-8(13)9-7-15-12(4,5)16-9/h6-10,15-16,20H,11-13H2,1-5H3;7,11-12H,1,8-10H2,2-6H3,(H,17,19);5,9-10,15-16H,1,6-8H2,2-4H3,(H,14,18);8-9H,6-7,13H2,1-5H3/t15-,16-;11-,12-;9-,10-;8-,9-/m0000/s1. The Bertz CT molecular complexity index is 2200. The predicted octanol–water partition coefficient (Wildman–Crippen LogP) is 6.73. The van der Waals surface area contributed by atoms with Crippen LogP contribution in [0.25, 0.3) is 0 Å². The molecule has 0 radical (unpaired) electrons. The summed E-state index contributed by atoms with van der Waals surface area (Å²) in [6, 6.07) is 7.92. The minimum absolute atomic E-state index is 0.000209. The fourth-order valence-electron chi connectivity index (χ4n) is 7.67. The normalized spacial score (nSPS) is 20.5. The molecule has 3 fully saturated rings. The van der Waals surface area contributed by atoms with E-state index < -0.39 is 101 Å². The minimum atomic E-state index is -1.29. The molecule has 1 aromatic carbocycles. The molecule has 24 heteroatoms. The first-order chi connectivity index (χ1) is 38.4. The largest absolute Gasteiger partial charge is 0.460 e. The van der Waals surface area contributed by atoms with Gasteiger partial charge in [0.15, 0.2) is 17.4 Å². The minimum Gasteiger partial charge on any atom is -0.460 e. The Morgan fingerprint density at radius 1 is 0.583 bits per heavy atom. The van der Waals surface area contributed by atoms with Crippen LogP contribution in [0.1, 0.15) is 156 Å². The summed E-state index contributed by atoms with van der Waals surface area (Å²) in [6.07, 6.45) is -0.743. The first kappa shape index (κ1) is 76.7. The van der Waals surface area contributed by atoms with Gasteiger partial charge in [-0.25, -0.2) is 9.59 Å². The van der Waals surface area contributed by atoms with Crippen LogP contribution < -0.4 is 21.7 Å². The quantitative estimate of drug-likeness (QED) is 0.0398. The van der Waals surface area contributed by atoms with E-state index in [4.69, 9.17) is 62.9 Å². The molecule has 4 rings (SSSR count). The number of ether oxygens (including phenoxy) is 12. The Balaban J connectivity index is 0.000000565. The number of carbonyl (C=O) groups excluding carboxylic acids is 6. The van der Waals surface area contributed by atoms with Crippen LogP contribution >= 0.6 is 0 Å². The Morgan fingerprint density at radius 3 is 1.31 bits per heavy atom. The zero-order valence-electron chi connectivity index (χ0n) is 53.2. The summed E-state index contributed by atoms with van der Waals surface area (Å²) < 4.78 is 64.4. The smallest absolute Gasteiger partial charge is 0.407 e. The van der Waals surface area contributed by atoms with Crippen molar-refractivity contribution in [3.8, 4) is 0 Å². The Hall–Kier alpha value is -5.28. The van der Waals surface area contributed by atoms with Crippen molar-refractivity contribution in [2.45, 2.75) is 245 Å². The molecule has 482 valence electrons. The number of aliphatic hydroxyl groups excluding tert-OH is 2. The number of nitrogens with two attached hydrogens (primary N) is 1. The fourth-order valence-corrected chi connectivity index (χ4v) is 7.67. The summed E-state index contributed by atoms with van der Waals surface area (Å²) in [4.78, 5) is 70.7. The van der Waals surface area contributed by atoms with Crippen molar-refractivity contribution >= 4 is 36.1 Å². The molecule has 3 aliphatic heterocycles. The van der Waals surface area contributed by atoms with Crippen LogP contribution in [0.2, 0.25) is 0 Å². The molecule has 0 unspecified atom stereocenters. The van der Waals surface area contributed by atoms with E-state index in [0.29, 0.717) is 19.8 Å². The van der Waals surface area contributed by atoms with Gasteiger partial charge in [0.2, 0.25) is 0 Å². The van der Waals surface area contributed by atoms with Gasteiger partial charge in [0.25, 0.3) is 0 Å². The zero-order chi connectivity index (χ0) is 64.5. The van der Waals surface area contributed by atoms with Gasteiger partial charge in [-0.2, -0.15) is 0 Å². The summed E-state index contributed by atoms with van der Waals surface area (Å²) in [5, 5.41) is 26.9. The molecular formula is C60H102N4O20. The number of hydrogen-bond donors (Lipinski definition) is 6. The number of alkyl carbamates (subject to hydrolysis) is 2. The van der Waals surface area contributed by atoms with Gasteiger partial charge in [0, 0.05) is 18.6 Å². The van der Waals surface area contributed by atoms with Gasteiger partial charge in [-0.1, -0.05) is 55.6 Å². The number of rotatable bonds is 22. The lowest BCUT2D eigenvalue weighted by Gasteiger charge is -2.27. The predicted molar refractivity (Wildman–Crippen MR) is 312 cm³/mol. The highest BCUT2D eigenvalue weighted by Gasteiger charge is 2.41. The van der Waals surface area contributed by atoms with Crippen LogP contribution in [-0.4, -0.2) is 174 Å². The molecule has 24 nitrogen and oxygen atoms in total. The van der Waals surface area contributed by atoms with Crippen LogP contribution in [0.3, 0.4) is 0 Å². The van der Waals surface area contributed by atoms with Crippen molar-refractivity contribution in [3.63, 3.8) is 0 Å². The number of benzene rings is 1. The number of nitrogens with one attached hydrogen (secondary N) is 3. The van der Waals surface area contributed by atoms with Crippen LogP contribution in [0.15, 0.2) is 55.6 Å². The molecular weight excluding hydrogens is 1100 g/mol. The third-order valence-corrected chi connectivity index (χ3v) is 11.0. The first-order valence-electron chi connectivity index (χ1n) is 28.2. The molecule has 7 N–H and O–H groups in total. The first-order valence-corrected chi connectivity index (χ1v) is 28.2. The van der Waals surface area contributed by atoms with Crippen LogP contribution in [-0.2, 0) is 82.6 Å².